The maximum atomic E-state index is 12.5. The molecule has 18 nitrogen and oxygen atoms in total. The average Bonchev–Trinajstić information content (AvgIpc) is 0.795. The van der Waals surface area contributed by atoms with Gasteiger partial charge in [-0.05, 0) is 213 Å². The second-order valence-electron chi connectivity index (χ2n) is 29.6. The third-order valence-corrected chi connectivity index (χ3v) is 20.0. The number of ether oxygens (including phenoxy) is 10. The van der Waals surface area contributed by atoms with Crippen LogP contribution >= 0.6 is 0 Å². The number of aromatic hydroxyl groups is 3. The van der Waals surface area contributed by atoms with Crippen LogP contribution in [0.2, 0.25) is 0 Å². The molecule has 0 amide bonds. The first-order chi connectivity index (χ1) is 58.4. The lowest BCUT2D eigenvalue weighted by molar-refractivity contribution is 0.150. The highest BCUT2D eigenvalue weighted by Crippen LogP contribution is 2.40. The van der Waals surface area contributed by atoms with Crippen molar-refractivity contribution in [1.82, 2.24) is 0 Å². The Bertz CT molecular complexity index is 5200. The molecule has 630 valence electrons. The first-order valence-electron chi connectivity index (χ1n) is 40.2. The fourth-order valence-corrected chi connectivity index (χ4v) is 12.6. The van der Waals surface area contributed by atoms with E-state index >= 15 is 0 Å². The first kappa shape index (κ1) is 93.1. The molecule has 0 aromatic heterocycles. The molecule has 0 bridgehead atoms. The Labute approximate surface area is 715 Å². The SMILES string of the molecule is CC.CC.CC.CC(C)(c1ccc(O)cc1)c1ccc(OC(=O)Oc2ccc(C(C)(C)c3ccc(O)cc3)cc2)cc1.CC(C)(c1ccc(O)cc1)c1ccc(OC(=O)Oc2ccc(C(C)(C)c3ccc(OC(=O)Oc4ccccc4)cc3)cc2)cc1.CC(C)(c1ccc(OC(=O)Oc2ccccc2)cc1)c1ccc(OC(=O)Oc2ccccc2)cc1. The minimum Gasteiger partial charge on any atom is -0.508 e. The quantitative estimate of drug-likeness (QED) is 0.0475. The monoisotopic (exact) mass is 1640 g/mol. The lowest BCUT2D eigenvalue weighted by Crippen LogP contribution is -2.19. The summed E-state index contributed by atoms with van der Waals surface area (Å²) in [5, 5.41) is 28.7. The standard InChI is InChI=1S/C38H34O7.C31H30O5.C29H24O6.3C2H6/c1-37(2,26-10-18-30(39)19-11-26)27-12-20-33(21-13-27)44-36(41)45-34-24-16-29(17-25-34)38(3,4)28-14-22-32(23-15-28)43-35(40)42-31-8-6-5-7-9-31;1-30(2,21-5-13-25(32)14-6-21)23-9-17-27(18-10-23)35-29(34)36-28-19-11-24(12-20-28)31(3,4)22-7-15-26(33)16-8-22;1-29(2,21-13-17-25(18-14-21)34-27(30)32-23-9-5-3-6-10-23)22-15-19-26(20-16-22)35-28(31)33-24-11-7-4-8-12-24;3*1-2/h5-25,39H,1-4H3;5-20,32-33H,1-4H3;3-20H,1-2H3;3*1-2H3. The summed E-state index contributed by atoms with van der Waals surface area (Å²) in [5.41, 5.74) is 8.66. The van der Waals surface area contributed by atoms with Gasteiger partial charge in [0, 0.05) is 27.1 Å². The van der Waals surface area contributed by atoms with E-state index < -0.39 is 36.2 Å². The normalized spacial score (nSPS) is 10.9. The molecule has 18 heteroatoms. The van der Waals surface area contributed by atoms with E-state index in [2.05, 4.69) is 69.2 Å². The van der Waals surface area contributed by atoms with E-state index in [-0.39, 0.29) is 38.9 Å². The van der Waals surface area contributed by atoms with E-state index in [1.165, 1.54) is 0 Å². The summed E-state index contributed by atoms with van der Waals surface area (Å²) in [7, 11) is 0. The molecule has 0 fully saturated rings. The maximum absolute atomic E-state index is 12.5. The van der Waals surface area contributed by atoms with Crippen LogP contribution in [0, 0.1) is 0 Å². The van der Waals surface area contributed by atoms with Crippen molar-refractivity contribution in [1.29, 1.82) is 0 Å². The van der Waals surface area contributed by atoms with Crippen LogP contribution in [0.4, 0.5) is 24.0 Å². The zero-order valence-corrected chi connectivity index (χ0v) is 71.7. The van der Waals surface area contributed by atoms with Gasteiger partial charge in [-0.1, -0.05) is 287 Å². The molecular formula is C104H106O18. The molecule has 3 N–H and O–H groups in total. The Balaban J connectivity index is 0.000000222. The summed E-state index contributed by atoms with van der Waals surface area (Å²) in [5.74, 6) is 4.52. The maximum Gasteiger partial charge on any atom is 0.519 e. The van der Waals surface area contributed by atoms with E-state index in [1.54, 1.807) is 194 Å². The van der Waals surface area contributed by atoms with Crippen molar-refractivity contribution >= 4 is 30.8 Å². The minimum absolute atomic E-state index is 0.220. The highest BCUT2D eigenvalue weighted by atomic mass is 16.7. The zero-order chi connectivity index (χ0) is 88.6. The van der Waals surface area contributed by atoms with Crippen molar-refractivity contribution in [3.63, 3.8) is 0 Å². The molecule has 0 aliphatic carbocycles. The van der Waals surface area contributed by atoms with Crippen LogP contribution in [0.15, 0.2) is 334 Å². The molecule has 0 spiro atoms. The van der Waals surface area contributed by atoms with Crippen LogP contribution < -0.4 is 47.4 Å². The van der Waals surface area contributed by atoms with Gasteiger partial charge in [-0.3, -0.25) is 0 Å². The predicted octanol–water partition coefficient (Wildman–Crippen LogP) is 26.8. The smallest absolute Gasteiger partial charge is 0.508 e. The number of hydrogen-bond donors (Lipinski definition) is 3. The molecule has 0 saturated carbocycles. The van der Waals surface area contributed by atoms with Crippen LogP contribution in [0.1, 0.15) is 166 Å². The second-order valence-corrected chi connectivity index (χ2v) is 29.6. The predicted molar refractivity (Wildman–Crippen MR) is 477 cm³/mol. The molecule has 122 heavy (non-hydrogen) atoms. The highest BCUT2D eigenvalue weighted by Gasteiger charge is 2.29. The fraction of sp³-hybridized carbons (Fsp3) is 0.202. The minimum atomic E-state index is -0.839. The zero-order valence-electron chi connectivity index (χ0n) is 71.7. The van der Waals surface area contributed by atoms with Gasteiger partial charge in [-0.25, -0.2) is 24.0 Å². The van der Waals surface area contributed by atoms with E-state index in [0.29, 0.717) is 57.5 Å². The number of carbonyl (C=O) groups excluding carboxylic acids is 5. The van der Waals surface area contributed by atoms with Gasteiger partial charge in [-0.15, -0.1) is 0 Å². The molecule has 0 saturated heterocycles. The van der Waals surface area contributed by atoms with Crippen LogP contribution in [0.5, 0.6) is 74.7 Å². The van der Waals surface area contributed by atoms with Gasteiger partial charge in [0.2, 0.25) is 0 Å². The molecule has 0 heterocycles. The summed E-state index contributed by atoms with van der Waals surface area (Å²) in [6, 6.07) is 98.4. The van der Waals surface area contributed by atoms with Crippen molar-refractivity contribution in [2.24, 2.45) is 0 Å². The largest absolute Gasteiger partial charge is 0.519 e. The lowest BCUT2D eigenvalue weighted by atomic mass is 9.78. The lowest BCUT2D eigenvalue weighted by Gasteiger charge is -2.26. The van der Waals surface area contributed by atoms with E-state index in [1.807, 2.05) is 181 Å². The molecule has 0 atom stereocenters. The van der Waals surface area contributed by atoms with Crippen molar-refractivity contribution in [3.8, 4) is 74.7 Å². The molecule has 0 aliphatic rings. The number of hydrogen-bond acceptors (Lipinski definition) is 18. The summed E-state index contributed by atoms with van der Waals surface area (Å²) in [6.45, 7) is 32.8. The molecule has 0 unspecified atom stereocenters. The molecule has 0 aliphatic heterocycles. The number of para-hydroxylation sites is 3. The summed E-state index contributed by atoms with van der Waals surface area (Å²) in [4.78, 5) is 61.0. The molecule has 13 rings (SSSR count). The Morgan fingerprint density at radius 1 is 0.164 bits per heavy atom. The van der Waals surface area contributed by atoms with Crippen molar-refractivity contribution in [2.75, 3.05) is 0 Å². The summed E-state index contributed by atoms with van der Waals surface area (Å²) >= 11 is 0. The fourth-order valence-electron chi connectivity index (χ4n) is 12.6. The van der Waals surface area contributed by atoms with Gasteiger partial charge in [0.25, 0.3) is 0 Å². The Morgan fingerprint density at radius 2 is 0.262 bits per heavy atom. The van der Waals surface area contributed by atoms with Gasteiger partial charge in [0.05, 0.1) is 0 Å². The summed E-state index contributed by atoms with van der Waals surface area (Å²) in [6.07, 6.45) is -4.07. The number of rotatable bonds is 20. The first-order valence-corrected chi connectivity index (χ1v) is 40.2. The Hall–Kier alpha value is -14.4. The van der Waals surface area contributed by atoms with Crippen molar-refractivity contribution < 1.29 is 86.7 Å². The molecule has 13 aromatic rings. The molecule has 13 aromatic carbocycles. The van der Waals surface area contributed by atoms with E-state index in [9.17, 15) is 39.3 Å². The second kappa shape index (κ2) is 43.9. The number of carbonyl (C=O) groups is 5. The number of benzene rings is 13. The van der Waals surface area contributed by atoms with Gasteiger partial charge >= 0.3 is 30.8 Å². The number of phenols is 3. The van der Waals surface area contributed by atoms with Gasteiger partial charge in [0.15, 0.2) is 0 Å². The van der Waals surface area contributed by atoms with Crippen LogP contribution in [-0.2, 0) is 27.1 Å². The van der Waals surface area contributed by atoms with Gasteiger partial charge < -0.3 is 62.7 Å². The van der Waals surface area contributed by atoms with E-state index in [0.717, 1.165) is 55.6 Å². The van der Waals surface area contributed by atoms with Crippen molar-refractivity contribution in [3.05, 3.63) is 389 Å². The average molecular weight is 1640 g/mol. The molecule has 0 radical (unpaired) electrons. The highest BCUT2D eigenvalue weighted by molar-refractivity contribution is 5.70. The van der Waals surface area contributed by atoms with Crippen molar-refractivity contribution in [2.45, 2.75) is 138 Å². The van der Waals surface area contributed by atoms with Gasteiger partial charge in [0.1, 0.15) is 74.7 Å². The Morgan fingerprint density at radius 3 is 0.377 bits per heavy atom. The van der Waals surface area contributed by atoms with Crippen LogP contribution in [0.25, 0.3) is 0 Å². The van der Waals surface area contributed by atoms with E-state index in [4.69, 9.17) is 47.4 Å². The van der Waals surface area contributed by atoms with Gasteiger partial charge in [-0.2, -0.15) is 0 Å². The van der Waals surface area contributed by atoms with Crippen LogP contribution in [-0.4, -0.2) is 46.1 Å². The third-order valence-electron chi connectivity index (χ3n) is 20.0. The topological polar surface area (TPSA) is 238 Å². The Kier molecular flexibility index (Phi) is 33.5. The molecular weight excluding hydrogens is 1540 g/mol. The summed E-state index contributed by atoms with van der Waals surface area (Å²) < 4.78 is 52.9. The van der Waals surface area contributed by atoms with Crippen LogP contribution in [0.3, 0.4) is 0 Å². The number of phenolic OH excluding ortho intramolecular Hbond substituents is 3. The third kappa shape index (κ3) is 26.3.